The summed E-state index contributed by atoms with van der Waals surface area (Å²) in [5, 5.41) is 3.52. The highest BCUT2D eigenvalue weighted by atomic mass is 35.5. The minimum absolute atomic E-state index is 0.00205. The molecule has 1 aliphatic heterocycles. The largest absolute Gasteiger partial charge is 0.416 e. The second-order valence-corrected chi connectivity index (χ2v) is 11.6. The first-order chi connectivity index (χ1) is 16.2. The first-order valence-electron chi connectivity index (χ1n) is 11.7. The number of alkyl halides is 4. The van der Waals surface area contributed by atoms with Gasteiger partial charge in [-0.05, 0) is 79.2 Å². The van der Waals surface area contributed by atoms with Gasteiger partial charge in [-0.25, -0.2) is 13.1 Å². The Morgan fingerprint density at radius 2 is 1.76 bits per heavy atom. The van der Waals surface area contributed by atoms with Crippen LogP contribution in [0.5, 0.6) is 0 Å². The minimum Gasteiger partial charge on any atom is -0.378 e. The summed E-state index contributed by atoms with van der Waals surface area (Å²) in [6, 6.07) is 14.0. The first-order valence-corrected chi connectivity index (χ1v) is 13.9. The molecule has 1 fully saturated rings. The van der Waals surface area contributed by atoms with Crippen LogP contribution in [0.4, 0.5) is 18.9 Å². The number of benzene rings is 2. The van der Waals surface area contributed by atoms with Crippen molar-refractivity contribution in [3.63, 3.8) is 0 Å². The van der Waals surface area contributed by atoms with E-state index in [9.17, 15) is 21.6 Å². The van der Waals surface area contributed by atoms with Gasteiger partial charge in [-0.1, -0.05) is 30.3 Å². The summed E-state index contributed by atoms with van der Waals surface area (Å²) in [4.78, 5) is 0. The Hall–Kier alpha value is -1.77. The average Bonchev–Trinajstić information content (AvgIpc) is 3.04. The number of halogens is 4. The fourth-order valence-electron chi connectivity index (χ4n) is 5.40. The second kappa shape index (κ2) is 10.5. The zero-order valence-electron chi connectivity index (χ0n) is 18.8. The number of sulfonamides is 1. The molecule has 1 heterocycles. The predicted molar refractivity (Wildman–Crippen MR) is 130 cm³/mol. The molecule has 2 aromatic carbocycles. The lowest BCUT2D eigenvalue weighted by Gasteiger charge is -2.41. The minimum atomic E-state index is -4.39. The Labute approximate surface area is 204 Å². The molecule has 2 aliphatic rings. The van der Waals surface area contributed by atoms with E-state index >= 15 is 0 Å². The van der Waals surface area contributed by atoms with Crippen molar-refractivity contribution in [2.24, 2.45) is 11.8 Å². The molecule has 2 N–H and O–H groups in total. The molecule has 4 nitrogen and oxygen atoms in total. The molecule has 1 saturated carbocycles. The monoisotopic (exact) mass is 514 g/mol. The summed E-state index contributed by atoms with van der Waals surface area (Å²) in [6.45, 7) is 0.350. The van der Waals surface area contributed by atoms with E-state index < -0.39 is 21.8 Å². The maximum absolute atomic E-state index is 13.5. The fourth-order valence-corrected chi connectivity index (χ4v) is 6.85. The standard InChI is InChI=1S/C25H30ClF3N2O2S/c26-13-4-14-34(32,33)30-16-17-7-10-20-21(11-8-17)24(18-5-2-1-3-6-18)31-23-12-9-19(15-22(20)23)25(27,28)29/h1-3,5-6,9,12,15,17,20-21,24,30-31H,4,7-8,10-11,13-14,16H2/t17-,20+,21-,24+/m1/s1. The molecule has 0 unspecified atom stereocenters. The van der Waals surface area contributed by atoms with Crippen LogP contribution in [0.2, 0.25) is 0 Å². The molecule has 0 amide bonds. The Balaban J connectivity index is 1.59. The second-order valence-electron chi connectivity index (χ2n) is 9.33. The topological polar surface area (TPSA) is 58.2 Å². The van der Waals surface area contributed by atoms with Gasteiger partial charge in [-0.3, -0.25) is 0 Å². The van der Waals surface area contributed by atoms with Crippen LogP contribution in [0.1, 0.15) is 60.8 Å². The van der Waals surface area contributed by atoms with Crippen LogP contribution in [0.3, 0.4) is 0 Å². The summed E-state index contributed by atoms with van der Waals surface area (Å²) in [5.41, 5.74) is 1.96. The molecular weight excluding hydrogens is 485 g/mol. The van der Waals surface area contributed by atoms with Crippen molar-refractivity contribution in [2.45, 2.75) is 50.2 Å². The molecule has 0 radical (unpaired) electrons. The van der Waals surface area contributed by atoms with Gasteiger partial charge in [-0.2, -0.15) is 13.2 Å². The molecule has 0 aromatic heterocycles. The summed E-state index contributed by atoms with van der Waals surface area (Å²) in [5.74, 6) is 0.531. The number of fused-ring (bicyclic) bond motifs is 3. The highest BCUT2D eigenvalue weighted by molar-refractivity contribution is 7.89. The van der Waals surface area contributed by atoms with Gasteiger partial charge in [0.1, 0.15) is 0 Å². The average molecular weight is 515 g/mol. The molecule has 4 atom stereocenters. The van der Waals surface area contributed by atoms with E-state index in [1.54, 1.807) is 6.07 Å². The number of rotatable bonds is 7. The van der Waals surface area contributed by atoms with Crippen molar-refractivity contribution < 1.29 is 21.6 Å². The van der Waals surface area contributed by atoms with Crippen molar-refractivity contribution in [3.05, 3.63) is 65.2 Å². The van der Waals surface area contributed by atoms with Gasteiger partial charge in [0.25, 0.3) is 0 Å². The lowest BCUT2D eigenvalue weighted by atomic mass is 9.72. The van der Waals surface area contributed by atoms with Crippen LogP contribution in [-0.4, -0.2) is 26.6 Å². The number of nitrogens with one attached hydrogen (secondary N) is 2. The lowest BCUT2D eigenvalue weighted by molar-refractivity contribution is -0.137. The fraction of sp³-hybridized carbons (Fsp3) is 0.520. The third kappa shape index (κ3) is 5.89. The van der Waals surface area contributed by atoms with Crippen molar-refractivity contribution in [1.82, 2.24) is 4.72 Å². The Bertz CT molecular complexity index is 1080. The number of anilines is 1. The van der Waals surface area contributed by atoms with Gasteiger partial charge < -0.3 is 5.32 Å². The van der Waals surface area contributed by atoms with Crippen molar-refractivity contribution in [2.75, 3.05) is 23.5 Å². The van der Waals surface area contributed by atoms with Crippen LogP contribution in [0, 0.1) is 11.8 Å². The van der Waals surface area contributed by atoms with Crippen molar-refractivity contribution in [3.8, 4) is 0 Å². The number of hydrogen-bond donors (Lipinski definition) is 2. The van der Waals surface area contributed by atoms with Crippen LogP contribution < -0.4 is 10.0 Å². The van der Waals surface area contributed by atoms with Crippen molar-refractivity contribution >= 4 is 27.3 Å². The van der Waals surface area contributed by atoms with E-state index in [1.807, 2.05) is 18.2 Å². The Kier molecular flexibility index (Phi) is 7.79. The third-order valence-electron chi connectivity index (χ3n) is 7.13. The van der Waals surface area contributed by atoms with E-state index in [-0.39, 0.29) is 29.5 Å². The van der Waals surface area contributed by atoms with Crippen molar-refractivity contribution in [1.29, 1.82) is 0 Å². The van der Waals surface area contributed by atoms with Crippen LogP contribution in [-0.2, 0) is 16.2 Å². The molecule has 9 heteroatoms. The summed E-state index contributed by atoms with van der Waals surface area (Å²) in [7, 11) is -3.38. The SMILES string of the molecule is O=S(=O)(CCCCl)NC[C@H]1CC[C@@H]2[C@H](CC1)c1cc(C(F)(F)F)ccc1N[C@H]2c1ccccc1. The van der Waals surface area contributed by atoms with E-state index in [0.717, 1.165) is 48.6 Å². The van der Waals surface area contributed by atoms with E-state index in [0.29, 0.717) is 18.8 Å². The predicted octanol–water partition coefficient (Wildman–Crippen LogP) is 6.31. The first kappa shape index (κ1) is 25.3. The molecule has 0 spiro atoms. The summed E-state index contributed by atoms with van der Waals surface area (Å²) < 4.78 is 67.6. The maximum Gasteiger partial charge on any atom is 0.416 e. The summed E-state index contributed by atoms with van der Waals surface area (Å²) >= 11 is 5.62. The van der Waals surface area contributed by atoms with E-state index in [2.05, 4.69) is 22.2 Å². The smallest absolute Gasteiger partial charge is 0.378 e. The van der Waals surface area contributed by atoms with Gasteiger partial charge in [-0.15, -0.1) is 11.6 Å². The van der Waals surface area contributed by atoms with Crippen LogP contribution in [0.25, 0.3) is 0 Å². The van der Waals surface area contributed by atoms with E-state index in [1.165, 1.54) is 6.07 Å². The zero-order valence-corrected chi connectivity index (χ0v) is 20.4. The molecule has 1 aliphatic carbocycles. The Morgan fingerprint density at radius 3 is 2.47 bits per heavy atom. The van der Waals surface area contributed by atoms with Gasteiger partial charge in [0.15, 0.2) is 0 Å². The zero-order chi connectivity index (χ0) is 24.3. The molecular formula is C25H30ClF3N2O2S. The maximum atomic E-state index is 13.5. The molecule has 4 rings (SSSR count). The third-order valence-corrected chi connectivity index (χ3v) is 8.83. The van der Waals surface area contributed by atoms with Gasteiger partial charge in [0.05, 0.1) is 17.4 Å². The molecule has 2 aromatic rings. The quantitative estimate of drug-likeness (QED) is 0.426. The number of hydrogen-bond acceptors (Lipinski definition) is 3. The summed E-state index contributed by atoms with van der Waals surface area (Å²) in [6.07, 6.45) is -0.891. The van der Waals surface area contributed by atoms with Gasteiger partial charge >= 0.3 is 6.18 Å². The Morgan fingerprint density at radius 1 is 1.03 bits per heavy atom. The molecule has 0 bridgehead atoms. The van der Waals surface area contributed by atoms with Gasteiger partial charge in [0, 0.05) is 18.1 Å². The van der Waals surface area contributed by atoms with Gasteiger partial charge in [0.2, 0.25) is 10.0 Å². The van der Waals surface area contributed by atoms with Crippen LogP contribution >= 0.6 is 11.6 Å². The molecule has 34 heavy (non-hydrogen) atoms. The normalized spacial score (nSPS) is 25.1. The highest BCUT2D eigenvalue weighted by Crippen LogP contribution is 2.52. The molecule has 186 valence electrons. The highest BCUT2D eigenvalue weighted by Gasteiger charge is 2.41. The van der Waals surface area contributed by atoms with Crippen LogP contribution in [0.15, 0.2) is 48.5 Å². The molecule has 0 saturated heterocycles. The lowest BCUT2D eigenvalue weighted by Crippen LogP contribution is -2.32. The van der Waals surface area contributed by atoms with E-state index in [4.69, 9.17) is 11.6 Å².